The Hall–Kier alpha value is -0.228. The molecule has 39 heavy (non-hydrogen) atoms. The van der Waals surface area contributed by atoms with Crippen molar-refractivity contribution >= 4 is 32.8 Å². The van der Waals surface area contributed by atoms with Crippen LogP contribution in [0.5, 0.6) is 0 Å². The molecule has 5 heterocycles. The molecule has 3 N–H and O–H groups in total. The summed E-state index contributed by atoms with van der Waals surface area (Å²) in [5.41, 5.74) is 5.71. The first-order valence-corrected chi connectivity index (χ1v) is 23.6. The van der Waals surface area contributed by atoms with Gasteiger partial charge in [0, 0.05) is 0 Å². The average molecular weight is 979 g/mol. The van der Waals surface area contributed by atoms with Crippen LogP contribution in [0.2, 0.25) is 0 Å². The fourth-order valence-corrected chi connectivity index (χ4v) is 20.8. The molecule has 10 heteroatoms. The Morgan fingerprint density at radius 1 is 1.15 bits per heavy atom. The van der Waals surface area contributed by atoms with Gasteiger partial charge in [-0.1, -0.05) is 6.61 Å². The number of carboxylic acid groups (broad SMARTS) is 1. The summed E-state index contributed by atoms with van der Waals surface area (Å²) in [6.07, 6.45) is 10.1. The van der Waals surface area contributed by atoms with E-state index in [1.807, 2.05) is 12.5 Å². The zero-order chi connectivity index (χ0) is 25.9. The van der Waals surface area contributed by atoms with Crippen LogP contribution in [0, 0.1) is 52.7 Å². The van der Waals surface area contributed by atoms with E-state index in [-0.39, 0.29) is 48.7 Å². The Morgan fingerprint density at radius 3 is 2.51 bits per heavy atom. The second-order valence-electron chi connectivity index (χ2n) is 11.0. The minimum absolute atomic E-state index is 0. The number of nitrogens with zero attached hydrogens (tertiary/aromatic N) is 1. The molecule has 7 nitrogen and oxygen atoms in total. The van der Waals surface area contributed by atoms with Gasteiger partial charge in [-0.25, -0.2) is 0 Å². The van der Waals surface area contributed by atoms with Crippen molar-refractivity contribution in [2.24, 2.45) is 5.41 Å². The Kier molecular flexibility index (Phi) is 8.48. The van der Waals surface area contributed by atoms with Crippen LogP contribution in [0.1, 0.15) is 44.1 Å². The molecule has 0 spiro atoms. The number of alkyl halides is 2. The summed E-state index contributed by atoms with van der Waals surface area (Å²) < 4.78 is 13.4. The summed E-state index contributed by atoms with van der Waals surface area (Å²) in [5.74, 6) is -0.579. The summed E-state index contributed by atoms with van der Waals surface area (Å²) in [5, 5.41) is 18.8. The third kappa shape index (κ3) is 5.38. The van der Waals surface area contributed by atoms with Gasteiger partial charge >= 0.3 is 216 Å². The maximum absolute atomic E-state index is 11.7. The van der Waals surface area contributed by atoms with Gasteiger partial charge in [-0.15, -0.1) is 0 Å². The van der Waals surface area contributed by atoms with Crippen molar-refractivity contribution in [3.63, 3.8) is 0 Å². The standard InChI is InChI=1S/C23H22I2N2O2.C6H9O3.U/c28-21(29)23-9-6-22(7-10-23,8-11-23)16-3-1-15(2-4-16)20-17(25-14-24-25)13-19-18(27-20)5-12-26-19;7-4-3-9-5-1-2-8-6(4)5;/h1-5,13,26H,6-11,14H2,(H,28,29);1,4-7H,2-3H2;/q-2;-1;+2/t;4-,5-,6?;/m.1./s1. The number of hydrogen-bond donors (Lipinski definition) is 3. The molecule has 3 aliphatic heterocycles. The summed E-state index contributed by atoms with van der Waals surface area (Å²) in [6, 6.07) is 13.4. The van der Waals surface area contributed by atoms with E-state index in [9.17, 15) is 9.90 Å². The predicted octanol–water partition coefficient (Wildman–Crippen LogP) is 1.71. The van der Waals surface area contributed by atoms with Crippen LogP contribution in [0.3, 0.4) is 0 Å². The van der Waals surface area contributed by atoms with Crippen molar-refractivity contribution in [2.75, 3.05) is 15.6 Å². The summed E-state index contributed by atoms with van der Waals surface area (Å²) in [7, 11) is 0. The van der Waals surface area contributed by atoms with Gasteiger partial charge in [0.2, 0.25) is 0 Å². The molecule has 1 aromatic carbocycles. The third-order valence-corrected chi connectivity index (χ3v) is 23.0. The van der Waals surface area contributed by atoms with Gasteiger partial charge in [0.25, 0.3) is 0 Å². The number of aromatic nitrogens is 2. The van der Waals surface area contributed by atoms with E-state index in [4.69, 9.17) is 19.6 Å². The van der Waals surface area contributed by atoms with E-state index in [2.05, 4.69) is 41.5 Å². The fraction of sp³-hybridized carbons (Fsp3) is 0.483. The summed E-state index contributed by atoms with van der Waals surface area (Å²) in [6.45, 7) is 1.04. The number of carboxylic acids is 1. The first-order chi connectivity index (χ1) is 18.5. The first kappa shape index (κ1) is 28.9. The molecule has 206 valence electrons. The number of benzene rings is 1. The summed E-state index contributed by atoms with van der Waals surface area (Å²) in [4.78, 5) is 20.0. The SMILES string of the molecule is O=C(O)C12CCC(c3ccc(-c4nc5c[c-][nH]c5cc4I4C[I-]4)cc3)(CC1)CC2.O[C@@H]1CO[C@@H]2[CH-]COC12.[U+2]. The molecule has 3 aromatic rings. The molecular weight excluding hydrogens is 948 g/mol. The van der Waals surface area contributed by atoms with Gasteiger partial charge in [0.05, 0.1) is 12.7 Å². The number of aliphatic hydroxyl groups is 1. The van der Waals surface area contributed by atoms with Crippen LogP contribution in [0.4, 0.5) is 0 Å². The van der Waals surface area contributed by atoms with Crippen molar-refractivity contribution in [2.45, 2.75) is 62.3 Å². The molecule has 0 radical (unpaired) electrons. The number of nitrogens with one attached hydrogen (secondary N) is 1. The molecule has 2 bridgehead atoms. The number of aliphatic hydroxyl groups excluding tert-OH is 1. The Labute approximate surface area is 265 Å². The van der Waals surface area contributed by atoms with Gasteiger partial charge < -0.3 is 14.6 Å². The Balaban J connectivity index is 0.000000235. The zero-order valence-corrected chi connectivity index (χ0v) is 29.9. The van der Waals surface area contributed by atoms with Crippen molar-refractivity contribution in [3.8, 4) is 11.3 Å². The monoisotopic (exact) mass is 979 g/mol. The van der Waals surface area contributed by atoms with Gasteiger partial charge in [-0.3, -0.25) is 6.42 Å². The quantitative estimate of drug-likeness (QED) is 0.209. The molecule has 2 aromatic heterocycles. The smallest absolute Gasteiger partial charge is 0.407 e. The molecule has 0 amide bonds. The Morgan fingerprint density at radius 2 is 1.87 bits per heavy atom. The number of aromatic amines is 1. The van der Waals surface area contributed by atoms with Crippen molar-refractivity contribution in [3.05, 3.63) is 58.1 Å². The number of halogens is 2. The average Bonchev–Trinajstić information content (AvgIpc) is 3.34. The second-order valence-corrected chi connectivity index (χ2v) is 29.4. The van der Waals surface area contributed by atoms with Crippen LogP contribution in [0.25, 0.3) is 22.3 Å². The molecule has 9 rings (SSSR count). The van der Waals surface area contributed by atoms with Crippen molar-refractivity contribution < 1.29 is 72.8 Å². The van der Waals surface area contributed by atoms with Crippen molar-refractivity contribution in [1.29, 1.82) is 0 Å². The number of ether oxygens (including phenoxy) is 2. The van der Waals surface area contributed by atoms with Crippen LogP contribution in [0.15, 0.2) is 36.4 Å². The zero-order valence-electron chi connectivity index (χ0n) is 21.5. The van der Waals surface area contributed by atoms with Gasteiger partial charge in [-0.05, 0) is 6.10 Å². The number of rotatable bonds is 4. The first-order valence-electron chi connectivity index (χ1n) is 13.2. The molecule has 3 saturated carbocycles. The second kappa shape index (κ2) is 11.5. The maximum Gasteiger partial charge on any atom is 2.00 e. The number of H-pyrrole nitrogens is 1. The van der Waals surface area contributed by atoms with Crippen LogP contribution >= 0.6 is 15.8 Å². The largest absolute Gasteiger partial charge is 2.00 e. The topological polar surface area (TPSA) is 105 Å². The minimum Gasteiger partial charge on any atom is -0.407 e. The fourth-order valence-electron chi connectivity index (χ4n) is 6.59. The number of carbonyl (C=O) groups is 1. The molecule has 3 aliphatic carbocycles. The summed E-state index contributed by atoms with van der Waals surface area (Å²) >= 11 is -0.410. The number of pyridine rings is 1. The number of hydrogen-bond acceptors (Lipinski definition) is 5. The molecule has 3 saturated heterocycles. The Bertz CT molecular complexity index is 1340. The van der Waals surface area contributed by atoms with E-state index in [0.29, 0.717) is 30.4 Å². The van der Waals surface area contributed by atoms with Crippen molar-refractivity contribution in [1.82, 2.24) is 9.97 Å². The van der Waals surface area contributed by atoms with Crippen LogP contribution in [-0.2, 0) is 19.7 Å². The van der Waals surface area contributed by atoms with E-state index in [0.717, 1.165) is 49.6 Å². The van der Waals surface area contributed by atoms with Gasteiger partial charge in [0.1, 0.15) is 6.10 Å². The third-order valence-electron chi connectivity index (χ3n) is 9.09. The minimum atomic E-state index is -0.866. The number of fused-ring (bicyclic) bond motifs is 5. The normalized spacial score (nSPS) is 33.5. The van der Waals surface area contributed by atoms with Crippen LogP contribution in [-0.4, -0.2) is 60.1 Å². The maximum atomic E-state index is 11.7. The number of aliphatic carboxylic acids is 1. The molecule has 1 unspecified atom stereocenters. The molecular formula is C29H31I2N2O5U-. The molecule has 6 fully saturated rings. The van der Waals surface area contributed by atoms with Gasteiger partial charge in [-0.2, -0.15) is 0 Å². The predicted molar refractivity (Wildman–Crippen MR) is 147 cm³/mol. The van der Waals surface area contributed by atoms with Gasteiger partial charge in [0.15, 0.2) is 0 Å². The molecule has 6 aliphatic rings. The van der Waals surface area contributed by atoms with E-state index in [1.165, 1.54) is 19.3 Å². The van der Waals surface area contributed by atoms with E-state index in [1.54, 1.807) is 3.57 Å². The molecule has 3 atom stereocenters. The van der Waals surface area contributed by atoms with Crippen LogP contribution < -0.4 is 17.2 Å². The van der Waals surface area contributed by atoms with E-state index >= 15 is 0 Å². The van der Waals surface area contributed by atoms with E-state index < -0.39 is 33.3 Å².